The molecule has 19 heavy (non-hydrogen) atoms. The van der Waals surface area contributed by atoms with Crippen molar-refractivity contribution in [3.63, 3.8) is 0 Å². The molecule has 1 N–H and O–H groups in total. The minimum absolute atomic E-state index is 0.629. The third-order valence-electron chi connectivity index (χ3n) is 3.99. The summed E-state index contributed by atoms with van der Waals surface area (Å²) in [7, 11) is 1.98. The summed E-state index contributed by atoms with van der Waals surface area (Å²) in [5, 5.41) is 7.98. The maximum Gasteiger partial charge on any atom is 0.0521 e. The molecule has 1 aromatic rings. The average Bonchev–Trinajstić information content (AvgIpc) is 2.86. The summed E-state index contributed by atoms with van der Waals surface area (Å²) >= 11 is 0. The van der Waals surface area contributed by atoms with Gasteiger partial charge < -0.3 is 10.1 Å². The number of ether oxygens (including phenoxy) is 1. The Morgan fingerprint density at radius 1 is 1.47 bits per heavy atom. The van der Waals surface area contributed by atoms with E-state index in [1.165, 1.54) is 31.2 Å². The normalized spacial score (nSPS) is 18.6. The maximum absolute atomic E-state index is 5.48. The van der Waals surface area contributed by atoms with Crippen molar-refractivity contribution >= 4 is 0 Å². The molecule has 4 heteroatoms. The number of nitrogens with one attached hydrogen (secondary N) is 1. The molecule has 1 aromatic heterocycles. The summed E-state index contributed by atoms with van der Waals surface area (Å²) in [6.07, 6.45) is 10.0. The van der Waals surface area contributed by atoms with Gasteiger partial charge in [0.15, 0.2) is 0 Å². The van der Waals surface area contributed by atoms with Gasteiger partial charge in [-0.15, -0.1) is 0 Å². The van der Waals surface area contributed by atoms with Crippen molar-refractivity contribution in [1.29, 1.82) is 0 Å². The summed E-state index contributed by atoms with van der Waals surface area (Å²) in [6.45, 7) is 5.22. The topological polar surface area (TPSA) is 39.1 Å². The number of hydrogen-bond acceptors (Lipinski definition) is 3. The summed E-state index contributed by atoms with van der Waals surface area (Å²) < 4.78 is 7.37. The Hall–Kier alpha value is -0.870. The molecule has 1 fully saturated rings. The van der Waals surface area contributed by atoms with Gasteiger partial charge in [-0.05, 0) is 50.1 Å². The van der Waals surface area contributed by atoms with Gasteiger partial charge in [0.05, 0.1) is 6.20 Å². The summed E-state index contributed by atoms with van der Waals surface area (Å²) in [4.78, 5) is 0. The van der Waals surface area contributed by atoms with E-state index >= 15 is 0 Å². The standard InChI is InChI=1S/C15H27N3O/c1-3-8-16-15(14-6-9-19-10-7-14)5-4-13-11-17-18(2)12-13/h11-12,14-16H,3-10H2,1-2H3. The van der Waals surface area contributed by atoms with Crippen molar-refractivity contribution in [2.24, 2.45) is 13.0 Å². The fraction of sp³-hybridized carbons (Fsp3) is 0.800. The number of hydrogen-bond donors (Lipinski definition) is 1. The second kappa shape index (κ2) is 7.65. The Morgan fingerprint density at radius 3 is 2.89 bits per heavy atom. The van der Waals surface area contributed by atoms with E-state index < -0.39 is 0 Å². The molecule has 1 atom stereocenters. The van der Waals surface area contributed by atoms with Crippen LogP contribution in [0.3, 0.4) is 0 Å². The molecule has 0 amide bonds. The van der Waals surface area contributed by atoms with Crippen LogP contribution >= 0.6 is 0 Å². The molecule has 0 aromatic carbocycles. The summed E-state index contributed by atoms with van der Waals surface area (Å²) in [6, 6.07) is 0.629. The van der Waals surface area contributed by atoms with Crippen LogP contribution in [-0.2, 0) is 18.2 Å². The van der Waals surface area contributed by atoms with Crippen molar-refractivity contribution < 1.29 is 4.74 Å². The highest BCUT2D eigenvalue weighted by Gasteiger charge is 2.23. The Labute approximate surface area is 116 Å². The van der Waals surface area contributed by atoms with Gasteiger partial charge in [0, 0.05) is 32.5 Å². The van der Waals surface area contributed by atoms with Gasteiger partial charge in [0.25, 0.3) is 0 Å². The van der Waals surface area contributed by atoms with Crippen molar-refractivity contribution in [2.45, 2.75) is 45.1 Å². The quantitative estimate of drug-likeness (QED) is 0.821. The van der Waals surface area contributed by atoms with Crippen molar-refractivity contribution in [3.8, 4) is 0 Å². The molecular weight excluding hydrogens is 238 g/mol. The first-order valence-corrected chi connectivity index (χ1v) is 7.58. The predicted octanol–water partition coefficient (Wildman–Crippen LogP) is 2.15. The van der Waals surface area contributed by atoms with E-state index in [9.17, 15) is 0 Å². The highest BCUT2D eigenvalue weighted by molar-refractivity contribution is 5.04. The van der Waals surface area contributed by atoms with Crippen LogP contribution in [0.15, 0.2) is 12.4 Å². The van der Waals surface area contributed by atoms with Crippen LogP contribution in [-0.4, -0.2) is 35.6 Å². The molecule has 0 aliphatic carbocycles. The molecule has 2 heterocycles. The van der Waals surface area contributed by atoms with E-state index in [0.717, 1.165) is 32.1 Å². The Balaban J connectivity index is 1.85. The summed E-state index contributed by atoms with van der Waals surface area (Å²) in [5.74, 6) is 0.775. The minimum atomic E-state index is 0.629. The van der Waals surface area contributed by atoms with E-state index in [-0.39, 0.29) is 0 Å². The molecule has 0 spiro atoms. The van der Waals surface area contributed by atoms with Gasteiger partial charge >= 0.3 is 0 Å². The first-order chi connectivity index (χ1) is 9.29. The number of nitrogens with zero attached hydrogens (tertiary/aromatic N) is 2. The number of aryl methyl sites for hydroxylation is 2. The van der Waals surface area contributed by atoms with Gasteiger partial charge in [0.2, 0.25) is 0 Å². The van der Waals surface area contributed by atoms with Gasteiger partial charge in [-0.2, -0.15) is 5.10 Å². The van der Waals surface area contributed by atoms with Crippen LogP contribution < -0.4 is 5.32 Å². The molecule has 108 valence electrons. The lowest BCUT2D eigenvalue weighted by Crippen LogP contribution is -2.39. The summed E-state index contributed by atoms with van der Waals surface area (Å²) in [5.41, 5.74) is 1.35. The lowest BCUT2D eigenvalue weighted by molar-refractivity contribution is 0.0526. The molecule has 0 saturated carbocycles. The van der Waals surface area contributed by atoms with E-state index in [1.807, 2.05) is 17.9 Å². The van der Waals surface area contributed by atoms with Crippen molar-refractivity contribution in [2.75, 3.05) is 19.8 Å². The second-order valence-corrected chi connectivity index (χ2v) is 5.57. The molecule has 0 radical (unpaired) electrons. The van der Waals surface area contributed by atoms with Gasteiger partial charge in [0.1, 0.15) is 0 Å². The Kier molecular flexibility index (Phi) is 5.86. The van der Waals surface area contributed by atoms with Crippen LogP contribution in [0.5, 0.6) is 0 Å². The van der Waals surface area contributed by atoms with Crippen LogP contribution in [0, 0.1) is 5.92 Å². The van der Waals surface area contributed by atoms with E-state index in [2.05, 4.69) is 23.5 Å². The lowest BCUT2D eigenvalue weighted by Gasteiger charge is -2.31. The molecule has 0 bridgehead atoms. The molecule has 4 nitrogen and oxygen atoms in total. The zero-order chi connectivity index (χ0) is 13.5. The zero-order valence-corrected chi connectivity index (χ0v) is 12.3. The van der Waals surface area contributed by atoms with Crippen LogP contribution in [0.1, 0.15) is 38.2 Å². The van der Waals surface area contributed by atoms with Crippen LogP contribution in [0.4, 0.5) is 0 Å². The Morgan fingerprint density at radius 2 is 2.26 bits per heavy atom. The van der Waals surface area contributed by atoms with Gasteiger partial charge in [-0.25, -0.2) is 0 Å². The predicted molar refractivity (Wildman–Crippen MR) is 77.2 cm³/mol. The molecule has 1 aliphatic rings. The minimum Gasteiger partial charge on any atom is -0.381 e. The second-order valence-electron chi connectivity index (χ2n) is 5.57. The molecule has 1 aliphatic heterocycles. The monoisotopic (exact) mass is 265 g/mol. The van der Waals surface area contributed by atoms with Crippen LogP contribution in [0.25, 0.3) is 0 Å². The number of rotatable bonds is 7. The van der Waals surface area contributed by atoms with Gasteiger partial charge in [-0.1, -0.05) is 6.92 Å². The highest BCUT2D eigenvalue weighted by Crippen LogP contribution is 2.22. The SMILES string of the molecule is CCCNC(CCc1cnn(C)c1)C1CCOCC1. The zero-order valence-electron chi connectivity index (χ0n) is 12.3. The highest BCUT2D eigenvalue weighted by atomic mass is 16.5. The van der Waals surface area contributed by atoms with E-state index in [1.54, 1.807) is 0 Å². The maximum atomic E-state index is 5.48. The smallest absolute Gasteiger partial charge is 0.0521 e. The van der Waals surface area contributed by atoms with Crippen LogP contribution in [0.2, 0.25) is 0 Å². The Bertz CT molecular complexity index is 358. The fourth-order valence-electron chi connectivity index (χ4n) is 2.88. The van der Waals surface area contributed by atoms with Crippen molar-refractivity contribution in [3.05, 3.63) is 18.0 Å². The first kappa shape index (κ1) is 14.5. The molecular formula is C15H27N3O. The van der Waals surface area contributed by atoms with E-state index in [4.69, 9.17) is 4.74 Å². The first-order valence-electron chi connectivity index (χ1n) is 7.58. The largest absolute Gasteiger partial charge is 0.381 e. The lowest BCUT2D eigenvalue weighted by atomic mass is 9.88. The third kappa shape index (κ3) is 4.62. The van der Waals surface area contributed by atoms with E-state index in [0.29, 0.717) is 6.04 Å². The molecule has 2 rings (SSSR count). The molecule has 1 saturated heterocycles. The molecule has 1 unspecified atom stereocenters. The van der Waals surface area contributed by atoms with Gasteiger partial charge in [-0.3, -0.25) is 4.68 Å². The average molecular weight is 265 g/mol. The fourth-order valence-corrected chi connectivity index (χ4v) is 2.88. The van der Waals surface area contributed by atoms with Crippen molar-refractivity contribution in [1.82, 2.24) is 15.1 Å². The third-order valence-corrected chi connectivity index (χ3v) is 3.99. The number of aromatic nitrogens is 2.